The molecule has 202 valence electrons. The van der Waals surface area contributed by atoms with Crippen LogP contribution in [0.1, 0.15) is 67.2 Å². The maximum atomic E-state index is 13.8. The monoisotopic (exact) mass is 525 g/mol. The predicted octanol–water partition coefficient (Wildman–Crippen LogP) is 5.66. The molecule has 1 N–H and O–H groups in total. The third-order valence-corrected chi connectivity index (χ3v) is 7.18. The first-order chi connectivity index (χ1) is 18.9. The maximum Gasteiger partial charge on any atom is 0.318 e. The van der Waals surface area contributed by atoms with Gasteiger partial charge < -0.3 is 19.5 Å². The summed E-state index contributed by atoms with van der Waals surface area (Å²) in [6.07, 6.45) is 2.15. The lowest BCUT2D eigenvalue weighted by Gasteiger charge is -2.31. The number of aryl methyl sites for hydroxylation is 1. The first-order valence-electron chi connectivity index (χ1n) is 13.5. The number of amides is 2. The Morgan fingerprint density at radius 3 is 2.49 bits per heavy atom. The molecule has 0 radical (unpaired) electrons. The second kappa shape index (κ2) is 11.2. The summed E-state index contributed by atoms with van der Waals surface area (Å²) in [5.41, 5.74) is 6.00. The number of hydrogen-bond acceptors (Lipinski definition) is 4. The maximum absolute atomic E-state index is 13.8. The van der Waals surface area contributed by atoms with Crippen LogP contribution in [0.3, 0.4) is 0 Å². The second-order valence-corrected chi connectivity index (χ2v) is 10.1. The number of benzene rings is 2. The summed E-state index contributed by atoms with van der Waals surface area (Å²) in [4.78, 5) is 27.6. The van der Waals surface area contributed by atoms with Crippen molar-refractivity contribution in [3.63, 3.8) is 0 Å². The van der Waals surface area contributed by atoms with E-state index in [-0.39, 0.29) is 31.0 Å². The topological polar surface area (TPSA) is 81.4 Å². The molecule has 0 unspecified atom stereocenters. The highest BCUT2D eigenvalue weighted by molar-refractivity contribution is 5.77. The molecule has 1 aliphatic rings. The number of rotatable bonds is 7. The van der Waals surface area contributed by atoms with Gasteiger partial charge in [0.2, 0.25) is 0 Å². The van der Waals surface area contributed by atoms with Gasteiger partial charge in [-0.2, -0.15) is 5.10 Å². The van der Waals surface area contributed by atoms with Crippen LogP contribution in [0.2, 0.25) is 0 Å². The summed E-state index contributed by atoms with van der Waals surface area (Å²) < 4.78 is 9.14. The summed E-state index contributed by atoms with van der Waals surface area (Å²) in [5, 5.41) is 7.85. The third kappa shape index (κ3) is 5.19. The number of urea groups is 1. The van der Waals surface area contributed by atoms with Gasteiger partial charge in [0.05, 0.1) is 42.7 Å². The summed E-state index contributed by atoms with van der Waals surface area (Å²) in [5.74, 6) is 0.998. The molecular weight excluding hydrogens is 490 g/mol. The first-order valence-corrected chi connectivity index (χ1v) is 13.5. The molecule has 3 heterocycles. The minimum absolute atomic E-state index is 0.119. The first kappa shape index (κ1) is 26.3. The number of nitrogens with one attached hydrogen (secondary N) is 1. The van der Waals surface area contributed by atoms with Crippen molar-refractivity contribution in [2.24, 2.45) is 0 Å². The largest absolute Gasteiger partial charge is 0.466 e. The molecule has 8 nitrogen and oxygen atoms in total. The molecule has 1 aliphatic heterocycles. The van der Waals surface area contributed by atoms with Gasteiger partial charge in [0.15, 0.2) is 0 Å². The van der Waals surface area contributed by atoms with Crippen molar-refractivity contribution >= 4 is 12.0 Å². The van der Waals surface area contributed by atoms with E-state index >= 15 is 0 Å². The minimum atomic E-state index is -0.347. The molecular formula is C31H35N5O3. The molecule has 5 rings (SSSR count). The Bertz CT molecular complexity index is 1450. The molecule has 0 aliphatic carbocycles. The molecule has 0 saturated carbocycles. The van der Waals surface area contributed by atoms with E-state index < -0.39 is 0 Å². The summed E-state index contributed by atoms with van der Waals surface area (Å²) >= 11 is 0. The van der Waals surface area contributed by atoms with Crippen molar-refractivity contribution in [1.82, 2.24) is 24.6 Å². The quantitative estimate of drug-likeness (QED) is 0.316. The zero-order valence-corrected chi connectivity index (χ0v) is 22.9. The van der Waals surface area contributed by atoms with Crippen molar-refractivity contribution in [2.45, 2.75) is 52.6 Å². The molecule has 8 heteroatoms. The summed E-state index contributed by atoms with van der Waals surface area (Å²) in [6, 6.07) is 22.0. The standard InChI is InChI=1S/C31H35N5O3/c1-5-39-28(37)17-18-32-31(38)35-20-26-22(4)33-36(25-10-7-6-8-11-25)30(26)34-19-9-12-27(34)29(35)24-15-13-23(14-16-24)21(2)3/h6-16,19,21,29H,5,17-18,20H2,1-4H3,(H,32,38)/t29-/m0/s1. The number of para-hydroxylation sites is 1. The average molecular weight is 526 g/mol. The summed E-state index contributed by atoms with van der Waals surface area (Å²) in [6.45, 7) is 8.97. The number of esters is 1. The van der Waals surface area contributed by atoms with E-state index in [1.54, 1.807) is 6.92 Å². The van der Waals surface area contributed by atoms with Crippen molar-refractivity contribution < 1.29 is 14.3 Å². The molecule has 2 aromatic carbocycles. The van der Waals surface area contributed by atoms with E-state index in [4.69, 9.17) is 9.84 Å². The lowest BCUT2D eigenvalue weighted by atomic mass is 9.97. The molecule has 39 heavy (non-hydrogen) atoms. The van der Waals surface area contributed by atoms with Crippen LogP contribution in [-0.4, -0.2) is 44.4 Å². The van der Waals surface area contributed by atoms with E-state index in [9.17, 15) is 9.59 Å². The number of carbonyl (C=O) groups excluding carboxylic acids is 2. The fourth-order valence-electron chi connectivity index (χ4n) is 5.17. The van der Waals surface area contributed by atoms with E-state index in [2.05, 4.69) is 54.1 Å². The van der Waals surface area contributed by atoms with Crippen LogP contribution in [0.25, 0.3) is 11.5 Å². The van der Waals surface area contributed by atoms with E-state index in [1.807, 2.05) is 59.1 Å². The van der Waals surface area contributed by atoms with E-state index in [0.29, 0.717) is 19.1 Å². The predicted molar refractivity (Wildman–Crippen MR) is 150 cm³/mol. The van der Waals surface area contributed by atoms with E-state index in [0.717, 1.165) is 34.0 Å². The number of aromatic nitrogens is 3. The minimum Gasteiger partial charge on any atom is -0.466 e. The lowest BCUT2D eigenvalue weighted by molar-refractivity contribution is -0.142. The van der Waals surface area contributed by atoms with Crippen LogP contribution >= 0.6 is 0 Å². The highest BCUT2D eigenvalue weighted by Crippen LogP contribution is 2.38. The Labute approximate surface area is 229 Å². The number of ether oxygens (including phenoxy) is 1. The highest BCUT2D eigenvalue weighted by Gasteiger charge is 2.36. The van der Waals surface area contributed by atoms with Crippen LogP contribution in [0.15, 0.2) is 72.9 Å². The third-order valence-electron chi connectivity index (χ3n) is 7.18. The van der Waals surface area contributed by atoms with Crippen molar-refractivity contribution in [2.75, 3.05) is 13.2 Å². The molecule has 2 aromatic heterocycles. The van der Waals surface area contributed by atoms with Gasteiger partial charge in [0.1, 0.15) is 5.82 Å². The van der Waals surface area contributed by atoms with Gasteiger partial charge in [-0.1, -0.05) is 56.3 Å². The van der Waals surface area contributed by atoms with Gasteiger partial charge in [-0.15, -0.1) is 0 Å². The number of hydrogen-bond donors (Lipinski definition) is 1. The Kier molecular flexibility index (Phi) is 7.54. The van der Waals surface area contributed by atoms with Crippen molar-refractivity contribution in [3.8, 4) is 11.5 Å². The van der Waals surface area contributed by atoms with Crippen LogP contribution in [0.5, 0.6) is 0 Å². The van der Waals surface area contributed by atoms with E-state index in [1.165, 1.54) is 5.56 Å². The lowest BCUT2D eigenvalue weighted by Crippen LogP contribution is -2.42. The van der Waals surface area contributed by atoms with Crippen molar-refractivity contribution in [3.05, 3.63) is 101 Å². The molecule has 0 bridgehead atoms. The molecule has 2 amide bonds. The zero-order valence-electron chi connectivity index (χ0n) is 22.9. The van der Waals surface area contributed by atoms with Crippen LogP contribution in [0, 0.1) is 6.92 Å². The normalized spacial score (nSPS) is 14.5. The number of fused-ring (bicyclic) bond motifs is 3. The highest BCUT2D eigenvalue weighted by atomic mass is 16.5. The van der Waals surface area contributed by atoms with Gasteiger partial charge in [-0.05, 0) is 55.2 Å². The fraction of sp³-hybridized carbons (Fsp3) is 0.323. The molecule has 0 spiro atoms. The van der Waals surface area contributed by atoms with Gasteiger partial charge in [-0.3, -0.25) is 4.79 Å². The second-order valence-electron chi connectivity index (χ2n) is 10.1. The van der Waals surface area contributed by atoms with Gasteiger partial charge in [0, 0.05) is 18.3 Å². The molecule has 0 saturated heterocycles. The SMILES string of the molecule is CCOC(=O)CCNC(=O)N1Cc2c(C)nn(-c3ccccc3)c2-n2cccc2[C@@H]1c1ccc(C(C)C)cc1. The molecule has 4 aromatic rings. The number of nitrogens with zero attached hydrogens (tertiary/aromatic N) is 4. The zero-order chi connectivity index (χ0) is 27.5. The molecule has 0 fully saturated rings. The van der Waals surface area contributed by atoms with Crippen LogP contribution < -0.4 is 5.32 Å². The summed E-state index contributed by atoms with van der Waals surface area (Å²) in [7, 11) is 0. The Hall–Kier alpha value is -4.33. The van der Waals surface area contributed by atoms with Crippen molar-refractivity contribution in [1.29, 1.82) is 0 Å². The Morgan fingerprint density at radius 2 is 1.79 bits per heavy atom. The Morgan fingerprint density at radius 1 is 1.05 bits per heavy atom. The number of carbonyl (C=O) groups is 2. The van der Waals surface area contributed by atoms with Gasteiger partial charge >= 0.3 is 12.0 Å². The average Bonchev–Trinajstić information content (AvgIpc) is 3.49. The fourth-order valence-corrected chi connectivity index (χ4v) is 5.17. The smallest absolute Gasteiger partial charge is 0.318 e. The van der Waals surface area contributed by atoms with Gasteiger partial charge in [0.25, 0.3) is 0 Å². The van der Waals surface area contributed by atoms with Gasteiger partial charge in [-0.25, -0.2) is 9.48 Å². The Balaban J connectivity index is 1.60. The van der Waals surface area contributed by atoms with Crippen LogP contribution in [0.4, 0.5) is 4.79 Å². The van der Waals surface area contributed by atoms with Crippen LogP contribution in [-0.2, 0) is 16.1 Å². The molecule has 1 atom stereocenters.